The van der Waals surface area contributed by atoms with Crippen LogP contribution in [0.4, 0.5) is 5.69 Å². The Morgan fingerprint density at radius 3 is 2.74 bits per heavy atom. The minimum absolute atomic E-state index is 0.0546. The van der Waals surface area contributed by atoms with Crippen LogP contribution in [0.2, 0.25) is 0 Å². The van der Waals surface area contributed by atoms with Crippen LogP contribution in [0.3, 0.4) is 0 Å². The van der Waals surface area contributed by atoms with E-state index < -0.39 is 0 Å². The first-order valence-electron chi connectivity index (χ1n) is 6.29. The van der Waals surface area contributed by atoms with Gasteiger partial charge in [0.05, 0.1) is 6.54 Å². The molecule has 0 aliphatic carbocycles. The number of nitrogen functional groups attached to an aromatic ring is 1. The van der Waals surface area contributed by atoms with Gasteiger partial charge in [-0.3, -0.25) is 4.79 Å². The molecule has 2 rings (SSSR count). The summed E-state index contributed by atoms with van der Waals surface area (Å²) in [4.78, 5) is 15.5. The number of amides is 1. The number of hydrogen-bond acceptors (Lipinski definition) is 3. The second kappa shape index (κ2) is 5.89. The fourth-order valence-electron chi connectivity index (χ4n) is 1.91. The summed E-state index contributed by atoms with van der Waals surface area (Å²) in [6.07, 6.45) is 0. The SMILES string of the molecule is CCN(Cc1cccs1)C(=O)c1ccc(N)c(C)c1. The van der Waals surface area contributed by atoms with E-state index in [9.17, 15) is 4.79 Å². The van der Waals surface area contributed by atoms with Gasteiger partial charge < -0.3 is 10.6 Å². The predicted molar refractivity (Wildman–Crippen MR) is 80.3 cm³/mol. The average Bonchev–Trinajstić information content (AvgIpc) is 2.91. The normalized spacial score (nSPS) is 10.4. The van der Waals surface area contributed by atoms with Crippen LogP contribution in [0, 0.1) is 6.92 Å². The predicted octanol–water partition coefficient (Wildman–Crippen LogP) is 3.30. The third-order valence-electron chi connectivity index (χ3n) is 3.11. The van der Waals surface area contributed by atoms with E-state index in [1.807, 2.05) is 36.3 Å². The molecule has 0 aliphatic rings. The number of rotatable bonds is 4. The molecule has 0 aliphatic heterocycles. The van der Waals surface area contributed by atoms with Crippen molar-refractivity contribution in [1.82, 2.24) is 4.90 Å². The Morgan fingerprint density at radius 2 is 2.16 bits per heavy atom. The zero-order valence-corrected chi connectivity index (χ0v) is 12.0. The van der Waals surface area contributed by atoms with Gasteiger partial charge in [-0.05, 0) is 49.1 Å². The molecule has 0 radical (unpaired) electrons. The summed E-state index contributed by atoms with van der Waals surface area (Å²) in [6.45, 7) is 5.27. The molecule has 0 unspecified atom stereocenters. The lowest BCUT2D eigenvalue weighted by Gasteiger charge is -2.20. The minimum Gasteiger partial charge on any atom is -0.399 e. The van der Waals surface area contributed by atoms with Crippen molar-refractivity contribution in [2.45, 2.75) is 20.4 Å². The van der Waals surface area contributed by atoms with Crippen LogP contribution >= 0.6 is 11.3 Å². The standard InChI is InChI=1S/C15H18N2OS/c1-3-17(10-13-5-4-8-19-13)15(18)12-6-7-14(16)11(2)9-12/h4-9H,3,10,16H2,1-2H3. The Morgan fingerprint density at radius 1 is 1.37 bits per heavy atom. The summed E-state index contributed by atoms with van der Waals surface area (Å²) >= 11 is 1.67. The van der Waals surface area contributed by atoms with E-state index in [1.54, 1.807) is 23.5 Å². The third kappa shape index (κ3) is 3.15. The molecule has 4 heteroatoms. The van der Waals surface area contributed by atoms with Gasteiger partial charge in [0.15, 0.2) is 0 Å². The monoisotopic (exact) mass is 274 g/mol. The fourth-order valence-corrected chi connectivity index (χ4v) is 2.63. The Labute approximate surface area is 117 Å². The molecule has 0 saturated carbocycles. The number of carbonyl (C=O) groups is 1. The molecule has 0 spiro atoms. The van der Waals surface area contributed by atoms with Gasteiger partial charge in [-0.25, -0.2) is 0 Å². The lowest BCUT2D eigenvalue weighted by molar-refractivity contribution is 0.0754. The largest absolute Gasteiger partial charge is 0.399 e. The molecule has 2 aromatic rings. The Balaban J connectivity index is 2.18. The molecule has 1 aromatic heterocycles. The molecule has 100 valence electrons. The van der Waals surface area contributed by atoms with Gasteiger partial charge in [-0.2, -0.15) is 0 Å². The van der Waals surface area contributed by atoms with Gasteiger partial charge in [0.25, 0.3) is 5.91 Å². The number of nitrogens with zero attached hydrogens (tertiary/aromatic N) is 1. The van der Waals surface area contributed by atoms with Crippen LogP contribution in [-0.4, -0.2) is 17.4 Å². The Hall–Kier alpha value is -1.81. The van der Waals surface area contributed by atoms with E-state index in [1.165, 1.54) is 4.88 Å². The topological polar surface area (TPSA) is 46.3 Å². The summed E-state index contributed by atoms with van der Waals surface area (Å²) in [5.41, 5.74) is 8.15. The highest BCUT2D eigenvalue weighted by molar-refractivity contribution is 7.09. The van der Waals surface area contributed by atoms with Crippen LogP contribution in [0.25, 0.3) is 0 Å². The molecular formula is C15H18N2OS. The van der Waals surface area contributed by atoms with Gasteiger partial charge in [-0.1, -0.05) is 6.07 Å². The van der Waals surface area contributed by atoms with Crippen LogP contribution in [0.5, 0.6) is 0 Å². The van der Waals surface area contributed by atoms with E-state index >= 15 is 0 Å². The van der Waals surface area contributed by atoms with Crippen LogP contribution < -0.4 is 5.73 Å². The summed E-state index contributed by atoms with van der Waals surface area (Å²) in [7, 11) is 0. The molecule has 2 N–H and O–H groups in total. The van der Waals surface area contributed by atoms with Crippen molar-refractivity contribution in [2.75, 3.05) is 12.3 Å². The number of thiophene rings is 1. The fraction of sp³-hybridized carbons (Fsp3) is 0.267. The van der Waals surface area contributed by atoms with Gasteiger partial charge in [0, 0.05) is 22.7 Å². The zero-order valence-electron chi connectivity index (χ0n) is 11.2. The van der Waals surface area contributed by atoms with Crippen molar-refractivity contribution in [3.63, 3.8) is 0 Å². The summed E-state index contributed by atoms with van der Waals surface area (Å²) in [5, 5.41) is 2.03. The number of anilines is 1. The molecule has 3 nitrogen and oxygen atoms in total. The smallest absolute Gasteiger partial charge is 0.254 e. The maximum Gasteiger partial charge on any atom is 0.254 e. The maximum atomic E-state index is 12.5. The lowest BCUT2D eigenvalue weighted by Crippen LogP contribution is -2.30. The number of aryl methyl sites for hydroxylation is 1. The van der Waals surface area contributed by atoms with E-state index in [2.05, 4.69) is 6.07 Å². The number of hydrogen-bond donors (Lipinski definition) is 1. The molecule has 0 atom stereocenters. The van der Waals surface area contributed by atoms with Crippen LogP contribution in [0.15, 0.2) is 35.7 Å². The molecule has 0 bridgehead atoms. The highest BCUT2D eigenvalue weighted by Gasteiger charge is 2.15. The number of nitrogens with two attached hydrogens (primary N) is 1. The van der Waals surface area contributed by atoms with Crippen molar-refractivity contribution in [1.29, 1.82) is 0 Å². The molecule has 1 heterocycles. The van der Waals surface area contributed by atoms with Crippen molar-refractivity contribution in [3.05, 3.63) is 51.7 Å². The zero-order chi connectivity index (χ0) is 13.8. The van der Waals surface area contributed by atoms with Gasteiger partial charge in [-0.15, -0.1) is 11.3 Å². The molecule has 19 heavy (non-hydrogen) atoms. The Bertz CT molecular complexity index is 564. The van der Waals surface area contributed by atoms with Crippen LogP contribution in [-0.2, 0) is 6.54 Å². The number of benzene rings is 1. The van der Waals surface area contributed by atoms with E-state index in [0.29, 0.717) is 18.7 Å². The third-order valence-corrected chi connectivity index (χ3v) is 3.97. The first-order chi connectivity index (χ1) is 9.11. The summed E-state index contributed by atoms with van der Waals surface area (Å²) in [5.74, 6) is 0.0546. The molecule has 0 saturated heterocycles. The molecule has 1 aromatic carbocycles. The first-order valence-corrected chi connectivity index (χ1v) is 7.17. The van der Waals surface area contributed by atoms with Gasteiger partial charge >= 0.3 is 0 Å². The highest BCUT2D eigenvalue weighted by Crippen LogP contribution is 2.17. The van der Waals surface area contributed by atoms with Gasteiger partial charge in [0.2, 0.25) is 0 Å². The van der Waals surface area contributed by atoms with Crippen molar-refractivity contribution < 1.29 is 4.79 Å². The quantitative estimate of drug-likeness (QED) is 0.869. The van der Waals surface area contributed by atoms with Crippen molar-refractivity contribution in [3.8, 4) is 0 Å². The first kappa shape index (κ1) is 13.6. The summed E-state index contributed by atoms with van der Waals surface area (Å²) < 4.78 is 0. The second-order valence-electron chi connectivity index (χ2n) is 4.47. The van der Waals surface area contributed by atoms with Crippen molar-refractivity contribution in [2.24, 2.45) is 0 Å². The number of carbonyl (C=O) groups excluding carboxylic acids is 1. The summed E-state index contributed by atoms with van der Waals surface area (Å²) in [6, 6.07) is 9.50. The van der Waals surface area contributed by atoms with E-state index in [0.717, 1.165) is 11.3 Å². The van der Waals surface area contributed by atoms with E-state index in [-0.39, 0.29) is 5.91 Å². The van der Waals surface area contributed by atoms with Gasteiger partial charge in [0.1, 0.15) is 0 Å². The van der Waals surface area contributed by atoms with Crippen molar-refractivity contribution >= 4 is 22.9 Å². The highest BCUT2D eigenvalue weighted by atomic mass is 32.1. The lowest BCUT2D eigenvalue weighted by atomic mass is 10.1. The maximum absolute atomic E-state index is 12.5. The molecular weight excluding hydrogens is 256 g/mol. The average molecular weight is 274 g/mol. The molecule has 1 amide bonds. The Kier molecular flexibility index (Phi) is 4.22. The minimum atomic E-state index is 0.0546. The second-order valence-corrected chi connectivity index (χ2v) is 5.50. The van der Waals surface area contributed by atoms with Crippen LogP contribution in [0.1, 0.15) is 27.7 Å². The molecule has 0 fully saturated rings. The van der Waals surface area contributed by atoms with E-state index in [4.69, 9.17) is 5.73 Å².